The number of non-ortho nitro benzene ring substituents is 1. The van der Waals surface area contributed by atoms with E-state index in [-0.39, 0.29) is 42.9 Å². The number of hydrogen-bond acceptors (Lipinski definition) is 8. The molecule has 1 unspecified atom stereocenters. The van der Waals surface area contributed by atoms with E-state index < -0.39 is 18.8 Å². The lowest BCUT2D eigenvalue weighted by molar-refractivity contribution is -0.384. The first-order valence-electron chi connectivity index (χ1n) is 9.11. The molecule has 0 heterocycles. The highest BCUT2D eigenvalue weighted by Gasteiger charge is 2.28. The molecule has 11 heteroatoms. The summed E-state index contributed by atoms with van der Waals surface area (Å²) in [7, 11) is -3.94. The smallest absolute Gasteiger partial charge is 0.434 e. The molecule has 0 aliphatic rings. The van der Waals surface area contributed by atoms with Gasteiger partial charge >= 0.3 is 13.9 Å². The summed E-state index contributed by atoms with van der Waals surface area (Å²) in [5.74, 6) is 0.558. The molecule has 0 amide bonds. The summed E-state index contributed by atoms with van der Waals surface area (Å²) in [5.41, 5.74) is -0.137. The topological polar surface area (TPSA) is 126 Å². The minimum atomic E-state index is -3.94. The summed E-state index contributed by atoms with van der Waals surface area (Å²) in [6, 6.07) is 13.4. The number of nitro benzene ring substituents is 1. The molecule has 0 aliphatic carbocycles. The lowest BCUT2D eigenvalue weighted by Crippen LogP contribution is -2.24. The number of benzene rings is 2. The third kappa shape index (κ3) is 8.10. The van der Waals surface area contributed by atoms with Crippen LogP contribution in [-0.4, -0.2) is 30.8 Å². The van der Waals surface area contributed by atoms with Crippen LogP contribution in [0.1, 0.15) is 13.8 Å². The predicted octanol–water partition coefficient (Wildman–Crippen LogP) is 4.56. The van der Waals surface area contributed by atoms with Gasteiger partial charge in [-0.25, -0.2) is 9.36 Å². The standard InChI is InChI=1S/C19H23N2O8P/c1-15(2)14-27-19(22)26-13-12-20-30(25,28-17-6-4-3-5-7-17)29-18-10-8-16(9-11-18)21(23)24/h3-11,15H,12-14H2,1-2H3,(H,20,25). The van der Waals surface area contributed by atoms with Crippen molar-refractivity contribution in [3.05, 3.63) is 64.7 Å². The van der Waals surface area contributed by atoms with Gasteiger partial charge in [0.15, 0.2) is 0 Å². The molecule has 0 fully saturated rings. The normalized spacial score (nSPS) is 12.6. The van der Waals surface area contributed by atoms with Gasteiger partial charge in [0.05, 0.1) is 11.5 Å². The zero-order valence-electron chi connectivity index (χ0n) is 16.6. The number of ether oxygens (including phenoxy) is 2. The highest BCUT2D eigenvalue weighted by molar-refractivity contribution is 7.52. The zero-order valence-corrected chi connectivity index (χ0v) is 17.4. The van der Waals surface area contributed by atoms with Crippen molar-refractivity contribution in [2.24, 2.45) is 5.92 Å². The van der Waals surface area contributed by atoms with Crippen molar-refractivity contribution in [1.82, 2.24) is 5.09 Å². The average Bonchev–Trinajstić information content (AvgIpc) is 2.71. The first-order chi connectivity index (χ1) is 14.3. The molecule has 162 valence electrons. The van der Waals surface area contributed by atoms with Gasteiger partial charge in [0.2, 0.25) is 0 Å². The molecule has 0 aliphatic heterocycles. The van der Waals surface area contributed by atoms with Crippen molar-refractivity contribution in [2.75, 3.05) is 19.8 Å². The molecule has 2 aromatic rings. The Morgan fingerprint density at radius 1 is 1.03 bits per heavy atom. The van der Waals surface area contributed by atoms with Crippen molar-refractivity contribution < 1.29 is 32.8 Å². The summed E-state index contributed by atoms with van der Waals surface area (Å²) in [5, 5.41) is 13.4. The highest BCUT2D eigenvalue weighted by Crippen LogP contribution is 2.44. The van der Waals surface area contributed by atoms with Crippen LogP contribution in [0.5, 0.6) is 11.5 Å². The van der Waals surface area contributed by atoms with E-state index in [1.165, 1.54) is 24.3 Å². The SMILES string of the molecule is CC(C)COC(=O)OCCNP(=O)(Oc1ccccc1)Oc1ccc([N+](=O)[O-])cc1. The Morgan fingerprint density at radius 2 is 1.63 bits per heavy atom. The molecule has 10 nitrogen and oxygen atoms in total. The van der Waals surface area contributed by atoms with E-state index in [4.69, 9.17) is 18.5 Å². The van der Waals surface area contributed by atoms with Crippen LogP contribution in [0.2, 0.25) is 0 Å². The van der Waals surface area contributed by atoms with E-state index in [1.54, 1.807) is 30.3 Å². The first kappa shape index (κ1) is 23.2. The fourth-order valence-corrected chi connectivity index (χ4v) is 3.39. The van der Waals surface area contributed by atoms with Crippen molar-refractivity contribution in [2.45, 2.75) is 13.8 Å². The Bertz CT molecular complexity index is 874. The largest absolute Gasteiger partial charge is 0.513 e. The first-order valence-corrected chi connectivity index (χ1v) is 10.6. The fraction of sp³-hybridized carbons (Fsp3) is 0.316. The molecule has 2 rings (SSSR count). The molecule has 0 bridgehead atoms. The Kier molecular flexibility index (Phi) is 8.64. The minimum absolute atomic E-state index is 0.0477. The fourth-order valence-electron chi connectivity index (χ4n) is 2.06. The maximum Gasteiger partial charge on any atom is 0.513 e. The third-order valence-electron chi connectivity index (χ3n) is 3.40. The number of para-hydroxylation sites is 1. The molecule has 0 saturated carbocycles. The maximum atomic E-state index is 13.2. The van der Waals surface area contributed by atoms with Crippen molar-refractivity contribution in [3.8, 4) is 11.5 Å². The predicted molar refractivity (Wildman–Crippen MR) is 109 cm³/mol. The van der Waals surface area contributed by atoms with E-state index in [9.17, 15) is 19.5 Å². The quantitative estimate of drug-likeness (QED) is 0.177. The van der Waals surface area contributed by atoms with Gasteiger partial charge in [-0.15, -0.1) is 0 Å². The summed E-state index contributed by atoms with van der Waals surface area (Å²) >= 11 is 0. The van der Waals surface area contributed by atoms with Crippen LogP contribution in [-0.2, 0) is 14.0 Å². The maximum absolute atomic E-state index is 13.2. The molecule has 2 aromatic carbocycles. The summed E-state index contributed by atoms with van der Waals surface area (Å²) in [4.78, 5) is 21.7. The van der Waals surface area contributed by atoms with Gasteiger partial charge in [0.25, 0.3) is 5.69 Å². The summed E-state index contributed by atoms with van der Waals surface area (Å²) in [6.07, 6.45) is -0.833. The van der Waals surface area contributed by atoms with E-state index in [2.05, 4.69) is 5.09 Å². The molecule has 0 saturated heterocycles. The van der Waals surface area contributed by atoms with Crippen LogP contribution in [0.25, 0.3) is 0 Å². The molecular formula is C19H23N2O8P. The van der Waals surface area contributed by atoms with Crippen LogP contribution in [0, 0.1) is 16.0 Å². The Morgan fingerprint density at radius 3 is 2.20 bits per heavy atom. The monoisotopic (exact) mass is 438 g/mol. The summed E-state index contributed by atoms with van der Waals surface area (Å²) in [6.45, 7) is 3.82. The van der Waals surface area contributed by atoms with E-state index in [1.807, 2.05) is 13.8 Å². The second-order valence-electron chi connectivity index (χ2n) is 6.46. The van der Waals surface area contributed by atoms with E-state index in [0.29, 0.717) is 0 Å². The number of carbonyl (C=O) groups is 1. The van der Waals surface area contributed by atoms with Gasteiger partial charge in [-0.2, -0.15) is 5.09 Å². The molecule has 1 atom stereocenters. The third-order valence-corrected chi connectivity index (χ3v) is 4.92. The minimum Gasteiger partial charge on any atom is -0.434 e. The number of nitrogens with one attached hydrogen (secondary N) is 1. The molecule has 0 radical (unpaired) electrons. The van der Waals surface area contributed by atoms with E-state index >= 15 is 0 Å². The van der Waals surface area contributed by atoms with Crippen LogP contribution in [0.4, 0.5) is 10.5 Å². The number of nitro groups is 1. The van der Waals surface area contributed by atoms with Gasteiger partial charge in [0.1, 0.15) is 18.1 Å². The van der Waals surface area contributed by atoms with Crippen molar-refractivity contribution in [3.63, 3.8) is 0 Å². The van der Waals surface area contributed by atoms with Crippen LogP contribution in [0.3, 0.4) is 0 Å². The van der Waals surface area contributed by atoms with Gasteiger partial charge < -0.3 is 18.5 Å². The Hall–Kier alpha value is -3.10. The zero-order chi connectivity index (χ0) is 22.0. The van der Waals surface area contributed by atoms with E-state index in [0.717, 1.165) is 0 Å². The number of carbonyl (C=O) groups excluding carboxylic acids is 1. The second-order valence-corrected chi connectivity index (χ2v) is 8.13. The lowest BCUT2D eigenvalue weighted by Gasteiger charge is -2.20. The van der Waals surface area contributed by atoms with Gasteiger partial charge in [-0.05, 0) is 30.2 Å². The van der Waals surface area contributed by atoms with Crippen LogP contribution < -0.4 is 14.1 Å². The number of hydrogen-bond donors (Lipinski definition) is 1. The highest BCUT2D eigenvalue weighted by atomic mass is 31.2. The Balaban J connectivity index is 1.99. The molecule has 30 heavy (non-hydrogen) atoms. The lowest BCUT2D eigenvalue weighted by atomic mass is 10.2. The van der Waals surface area contributed by atoms with Gasteiger partial charge in [-0.1, -0.05) is 32.0 Å². The van der Waals surface area contributed by atoms with Gasteiger partial charge in [0, 0.05) is 18.7 Å². The molecule has 0 aromatic heterocycles. The average molecular weight is 438 g/mol. The Labute approximate surface area is 173 Å². The van der Waals surface area contributed by atoms with Crippen molar-refractivity contribution >= 4 is 19.6 Å². The molecular weight excluding hydrogens is 415 g/mol. The van der Waals surface area contributed by atoms with Crippen LogP contribution >= 0.6 is 7.75 Å². The molecule has 1 N–H and O–H groups in total. The summed E-state index contributed by atoms with van der Waals surface area (Å²) < 4.78 is 33.9. The second kappa shape index (κ2) is 11.2. The van der Waals surface area contributed by atoms with Gasteiger partial charge in [-0.3, -0.25) is 10.1 Å². The van der Waals surface area contributed by atoms with Crippen molar-refractivity contribution in [1.29, 1.82) is 0 Å². The molecule has 0 spiro atoms. The number of nitrogens with zero attached hydrogens (tertiary/aromatic N) is 1. The van der Waals surface area contributed by atoms with Crippen LogP contribution in [0.15, 0.2) is 54.6 Å². The number of rotatable bonds is 11.